The van der Waals surface area contributed by atoms with E-state index in [-0.39, 0.29) is 0 Å². The van der Waals surface area contributed by atoms with E-state index in [1.54, 1.807) is 19.3 Å². The van der Waals surface area contributed by atoms with E-state index in [9.17, 15) is 4.79 Å². The van der Waals surface area contributed by atoms with Crippen LogP contribution >= 0.6 is 0 Å². The minimum atomic E-state index is -0.932. The first-order valence-electron chi connectivity index (χ1n) is 6.39. The number of hydrogen-bond donors (Lipinski definition) is 1. The van der Waals surface area contributed by atoms with E-state index in [0.717, 1.165) is 22.5 Å². The van der Waals surface area contributed by atoms with Crippen molar-refractivity contribution in [3.8, 4) is 0 Å². The number of rotatable bonds is 5. The van der Waals surface area contributed by atoms with Crippen molar-refractivity contribution in [2.24, 2.45) is 0 Å². The molecule has 0 aromatic carbocycles. The van der Waals surface area contributed by atoms with Crippen molar-refractivity contribution in [2.45, 2.75) is 27.7 Å². The lowest BCUT2D eigenvalue weighted by Gasteiger charge is -1.93. The molecule has 1 N–H and O–H groups in total. The van der Waals surface area contributed by atoms with Crippen molar-refractivity contribution in [2.75, 3.05) is 0 Å². The van der Waals surface area contributed by atoms with Gasteiger partial charge in [-0.25, -0.2) is 4.79 Å². The fourth-order valence-electron chi connectivity index (χ4n) is 1.70. The van der Waals surface area contributed by atoms with E-state index >= 15 is 0 Å². The summed E-state index contributed by atoms with van der Waals surface area (Å²) in [6.07, 6.45) is 12.5. The Morgan fingerprint density at radius 3 is 2.45 bits per heavy atom. The molecule has 3 heteroatoms. The largest absolute Gasteiger partial charge is 0.478 e. The number of aryl methyl sites for hydroxylation is 2. The summed E-state index contributed by atoms with van der Waals surface area (Å²) in [7, 11) is 0. The van der Waals surface area contributed by atoms with Crippen LogP contribution < -0.4 is 0 Å². The second-order valence-corrected chi connectivity index (χ2v) is 4.72. The fraction of sp³-hybridized carbons (Fsp3) is 0.235. The first kappa shape index (κ1) is 15.8. The predicted octanol–water partition coefficient (Wildman–Crippen LogP) is 4.44. The average molecular weight is 272 g/mol. The van der Waals surface area contributed by atoms with Crippen LogP contribution in [0.25, 0.3) is 6.08 Å². The molecule has 3 nitrogen and oxygen atoms in total. The summed E-state index contributed by atoms with van der Waals surface area (Å²) in [4.78, 5) is 10.5. The molecule has 0 unspecified atom stereocenters. The van der Waals surface area contributed by atoms with Crippen molar-refractivity contribution >= 4 is 12.0 Å². The molecule has 0 saturated heterocycles. The average Bonchev–Trinajstić information content (AvgIpc) is 2.65. The molecule has 20 heavy (non-hydrogen) atoms. The monoisotopic (exact) mass is 272 g/mol. The van der Waals surface area contributed by atoms with Crippen LogP contribution in [0.5, 0.6) is 0 Å². The zero-order chi connectivity index (χ0) is 15.1. The molecule has 1 heterocycles. The third-order valence-corrected chi connectivity index (χ3v) is 2.80. The summed E-state index contributed by atoms with van der Waals surface area (Å²) in [5.74, 6) is -0.0269. The van der Waals surface area contributed by atoms with Crippen molar-refractivity contribution in [1.82, 2.24) is 0 Å². The highest BCUT2D eigenvalue weighted by atomic mass is 16.4. The number of hydrogen-bond acceptors (Lipinski definition) is 2. The van der Waals surface area contributed by atoms with E-state index in [1.807, 2.05) is 45.1 Å². The van der Waals surface area contributed by atoms with Gasteiger partial charge in [-0.1, -0.05) is 36.0 Å². The van der Waals surface area contributed by atoms with Gasteiger partial charge in [0.2, 0.25) is 0 Å². The lowest BCUT2D eigenvalue weighted by molar-refractivity contribution is -0.131. The molecule has 1 aromatic heterocycles. The molecule has 106 valence electrons. The van der Waals surface area contributed by atoms with Crippen LogP contribution in [0.2, 0.25) is 0 Å². The van der Waals surface area contributed by atoms with Gasteiger partial charge in [0.05, 0.1) is 6.26 Å². The Hall–Kier alpha value is -2.29. The van der Waals surface area contributed by atoms with E-state index < -0.39 is 5.97 Å². The Bertz CT molecular complexity index is 576. The second-order valence-electron chi connectivity index (χ2n) is 4.72. The molecule has 0 spiro atoms. The van der Waals surface area contributed by atoms with Gasteiger partial charge in [-0.3, -0.25) is 0 Å². The first-order chi connectivity index (χ1) is 9.40. The molecule has 0 aliphatic carbocycles. The summed E-state index contributed by atoms with van der Waals surface area (Å²) >= 11 is 0. The Morgan fingerprint density at radius 2 is 1.90 bits per heavy atom. The molecule has 1 rings (SSSR count). The van der Waals surface area contributed by atoms with E-state index in [1.165, 1.54) is 6.08 Å². The number of allylic oxidation sites excluding steroid dienone is 6. The highest BCUT2D eigenvalue weighted by Crippen LogP contribution is 2.17. The normalized spacial score (nSPS) is 13.6. The Morgan fingerprint density at radius 1 is 1.20 bits per heavy atom. The second kappa shape index (κ2) is 7.34. The zero-order valence-electron chi connectivity index (χ0n) is 12.3. The van der Waals surface area contributed by atoms with Gasteiger partial charge in [-0.05, 0) is 38.8 Å². The van der Waals surface area contributed by atoms with Crippen LogP contribution in [0.4, 0.5) is 0 Å². The molecule has 0 fully saturated rings. The molecule has 0 bridgehead atoms. The number of furan rings is 1. The maximum absolute atomic E-state index is 10.5. The molecular weight excluding hydrogens is 252 g/mol. The number of aliphatic carboxylic acids is 1. The Balaban J connectivity index is 2.72. The SMILES string of the molecule is CC(C=Cc1c(C)coc1C)=CC=CC(C)=CC(=O)O. The minimum absolute atomic E-state index is 0.701. The minimum Gasteiger partial charge on any atom is -0.478 e. The quantitative estimate of drug-likeness (QED) is 0.636. The van der Waals surface area contributed by atoms with Gasteiger partial charge in [-0.15, -0.1) is 0 Å². The molecule has 0 aliphatic rings. The van der Waals surface area contributed by atoms with Crippen molar-refractivity contribution in [1.29, 1.82) is 0 Å². The van der Waals surface area contributed by atoms with Gasteiger partial charge in [0.1, 0.15) is 5.76 Å². The van der Waals surface area contributed by atoms with Crippen molar-refractivity contribution in [3.63, 3.8) is 0 Å². The maximum atomic E-state index is 10.5. The van der Waals surface area contributed by atoms with Crippen LogP contribution in [0, 0.1) is 13.8 Å². The van der Waals surface area contributed by atoms with Gasteiger partial charge >= 0.3 is 5.97 Å². The Kier molecular flexibility index (Phi) is 5.78. The molecule has 0 radical (unpaired) electrons. The predicted molar refractivity (Wildman–Crippen MR) is 81.5 cm³/mol. The molecule has 0 amide bonds. The molecule has 0 atom stereocenters. The van der Waals surface area contributed by atoms with Crippen LogP contribution in [-0.2, 0) is 4.79 Å². The Labute approximate surface area is 119 Å². The molecule has 1 aromatic rings. The summed E-state index contributed by atoms with van der Waals surface area (Å²) in [6, 6.07) is 0. The third-order valence-electron chi connectivity index (χ3n) is 2.80. The van der Waals surface area contributed by atoms with Crippen molar-refractivity contribution in [3.05, 3.63) is 64.7 Å². The van der Waals surface area contributed by atoms with E-state index in [0.29, 0.717) is 5.57 Å². The summed E-state index contributed by atoms with van der Waals surface area (Å²) in [5.41, 5.74) is 3.99. The smallest absolute Gasteiger partial charge is 0.328 e. The highest BCUT2D eigenvalue weighted by molar-refractivity contribution is 5.81. The van der Waals surface area contributed by atoms with Crippen LogP contribution in [0.15, 0.2) is 52.2 Å². The fourth-order valence-corrected chi connectivity index (χ4v) is 1.70. The lowest BCUT2D eigenvalue weighted by Crippen LogP contribution is -1.87. The summed E-state index contributed by atoms with van der Waals surface area (Å²) in [5, 5.41) is 8.59. The maximum Gasteiger partial charge on any atom is 0.328 e. The van der Waals surface area contributed by atoms with Gasteiger partial charge < -0.3 is 9.52 Å². The number of carboxylic acid groups (broad SMARTS) is 1. The standard InChI is InChI=1S/C17H20O3/c1-12(6-5-7-13(2)10-17(18)19)8-9-16-14(3)11-20-15(16)4/h5-11H,1-4H3,(H,18,19). The van der Waals surface area contributed by atoms with Crippen LogP contribution in [-0.4, -0.2) is 11.1 Å². The third kappa shape index (κ3) is 5.14. The molecular formula is C17H20O3. The number of carboxylic acids is 1. The topological polar surface area (TPSA) is 50.4 Å². The van der Waals surface area contributed by atoms with Crippen LogP contribution in [0.1, 0.15) is 30.7 Å². The van der Waals surface area contributed by atoms with Gasteiger partial charge in [-0.2, -0.15) is 0 Å². The van der Waals surface area contributed by atoms with Gasteiger partial charge in [0, 0.05) is 11.6 Å². The van der Waals surface area contributed by atoms with Gasteiger partial charge in [0.15, 0.2) is 0 Å². The lowest BCUT2D eigenvalue weighted by atomic mass is 10.1. The molecule has 0 aliphatic heterocycles. The summed E-state index contributed by atoms with van der Waals surface area (Å²) < 4.78 is 5.33. The van der Waals surface area contributed by atoms with Crippen molar-refractivity contribution < 1.29 is 14.3 Å². The summed E-state index contributed by atoms with van der Waals surface area (Å²) in [6.45, 7) is 7.69. The van der Waals surface area contributed by atoms with Crippen LogP contribution in [0.3, 0.4) is 0 Å². The van der Waals surface area contributed by atoms with Gasteiger partial charge in [0.25, 0.3) is 0 Å². The van der Waals surface area contributed by atoms with E-state index in [2.05, 4.69) is 0 Å². The molecule has 0 saturated carbocycles. The number of carbonyl (C=O) groups is 1. The zero-order valence-corrected chi connectivity index (χ0v) is 12.3. The first-order valence-corrected chi connectivity index (χ1v) is 6.39. The van der Waals surface area contributed by atoms with E-state index in [4.69, 9.17) is 9.52 Å². The highest BCUT2D eigenvalue weighted by Gasteiger charge is 2.01.